The van der Waals surface area contributed by atoms with E-state index in [1.807, 2.05) is 6.08 Å². The van der Waals surface area contributed by atoms with Gasteiger partial charge in [0, 0.05) is 0 Å². The van der Waals surface area contributed by atoms with Crippen LogP contribution < -0.4 is 11.2 Å². The summed E-state index contributed by atoms with van der Waals surface area (Å²) in [4.78, 5) is 27.4. The molecule has 0 unspecified atom stereocenters. The van der Waals surface area contributed by atoms with Gasteiger partial charge in [-0.25, -0.2) is 0 Å². The fraction of sp³-hybridized carbons (Fsp3) is 0.750. The van der Waals surface area contributed by atoms with Crippen molar-refractivity contribution in [3.8, 4) is 0 Å². The van der Waals surface area contributed by atoms with E-state index in [9.17, 15) is 19.8 Å². The van der Waals surface area contributed by atoms with Crippen molar-refractivity contribution < 1.29 is 14.9 Å². The van der Waals surface area contributed by atoms with E-state index in [1.165, 1.54) is 62.8 Å². The Kier molecular flexibility index (Phi) is 11.7. The number of aromatic nitrogens is 2. The predicted molar refractivity (Wildman–Crippen MR) is 131 cm³/mol. The zero-order chi connectivity index (χ0) is 23.6. The van der Waals surface area contributed by atoms with Crippen LogP contribution in [-0.2, 0) is 4.74 Å². The molecule has 3 N–H and O–H groups in total. The van der Waals surface area contributed by atoms with Crippen LogP contribution in [0.25, 0.3) is 6.08 Å². The molecule has 1 saturated heterocycles. The quantitative estimate of drug-likeness (QED) is 0.237. The fourth-order valence-corrected chi connectivity index (χ4v) is 18.4. The first kappa shape index (κ1) is 27.3. The zero-order valence-corrected chi connectivity index (χ0v) is 22.9. The van der Waals surface area contributed by atoms with Gasteiger partial charge in [-0.15, -0.1) is 0 Å². The van der Waals surface area contributed by atoms with Gasteiger partial charge in [0.15, 0.2) is 0 Å². The normalized spacial score (nSPS) is 21.6. The third kappa shape index (κ3) is 7.57. The number of aromatic amines is 1. The molecule has 2 heterocycles. The molecule has 0 aliphatic carbocycles. The van der Waals surface area contributed by atoms with E-state index >= 15 is 0 Å². The van der Waals surface area contributed by atoms with E-state index < -0.39 is 42.5 Å². The second-order valence-corrected chi connectivity index (χ2v) is 22.2. The Labute approximate surface area is 195 Å². The number of nitrogens with zero attached hydrogens (tertiary/aromatic N) is 1. The van der Waals surface area contributed by atoms with Gasteiger partial charge in [-0.05, 0) is 0 Å². The standard InChI is InChI=1S/C11H13N2O5.C5H11.2C4H9.Sn/c1-2-6-4-13(11(17)12-10(6)16)9-3-7(15)8(5-14)18-9;1-3-5-4-2;2*1-3-4-2;/h1-2,4,7-9,14-15H,3,5H2,(H,12,16,17);1,3-5H2,2H3;2*1,3-4H2,2H3;/t7-,8+,9+;;;;/m0..../s1. The molecule has 2 rings (SSSR count). The number of hydrogen-bond acceptors (Lipinski definition) is 5. The summed E-state index contributed by atoms with van der Waals surface area (Å²) < 4.78 is 13.3. The molecular weight excluding hydrogens is 515 g/mol. The number of unbranched alkanes of at least 4 members (excludes halogenated alkanes) is 4. The van der Waals surface area contributed by atoms with E-state index in [-0.39, 0.29) is 18.6 Å². The first-order valence-corrected chi connectivity index (χ1v) is 20.1. The predicted octanol–water partition coefficient (Wildman–Crippen LogP) is 3.97. The van der Waals surface area contributed by atoms with Crippen LogP contribution >= 0.6 is 0 Å². The van der Waals surface area contributed by atoms with Gasteiger partial charge in [-0.2, -0.15) is 0 Å². The van der Waals surface area contributed by atoms with Crippen molar-refractivity contribution in [3.05, 3.63) is 36.7 Å². The molecule has 1 aliphatic heterocycles. The van der Waals surface area contributed by atoms with Gasteiger partial charge < -0.3 is 0 Å². The van der Waals surface area contributed by atoms with Gasteiger partial charge in [0.05, 0.1) is 0 Å². The Morgan fingerprint density at radius 1 is 1.09 bits per heavy atom. The average molecular weight is 557 g/mol. The van der Waals surface area contributed by atoms with Crippen LogP contribution in [0.4, 0.5) is 0 Å². The van der Waals surface area contributed by atoms with Crippen molar-refractivity contribution in [1.29, 1.82) is 0 Å². The zero-order valence-electron chi connectivity index (χ0n) is 20.0. The maximum absolute atomic E-state index is 12.6. The van der Waals surface area contributed by atoms with Crippen LogP contribution in [-0.4, -0.2) is 57.0 Å². The molecule has 0 spiro atoms. The second-order valence-electron chi connectivity index (χ2n) is 9.23. The van der Waals surface area contributed by atoms with Gasteiger partial charge in [0.1, 0.15) is 0 Å². The average Bonchev–Trinajstić information content (AvgIpc) is 3.15. The SMILES string of the molecule is CCCC[CH2][Sn](/[CH]=C/c1cn([C@H]2C[C@H](O)[C@@H](CO)O2)c(=O)[nH]c1=O)([CH2]CCC)[CH2]CCC. The van der Waals surface area contributed by atoms with Crippen LogP contribution in [0.5, 0.6) is 0 Å². The van der Waals surface area contributed by atoms with Crippen molar-refractivity contribution in [2.75, 3.05) is 6.61 Å². The third-order valence-electron chi connectivity index (χ3n) is 6.64. The molecular formula is C24H42N2O5Sn. The molecule has 7 nitrogen and oxygen atoms in total. The Bertz CT molecular complexity index is 826. The Morgan fingerprint density at radius 2 is 1.72 bits per heavy atom. The summed E-state index contributed by atoms with van der Waals surface area (Å²) in [5.41, 5.74) is -0.489. The summed E-state index contributed by atoms with van der Waals surface area (Å²) in [6, 6.07) is 0. The van der Waals surface area contributed by atoms with E-state index in [0.29, 0.717) is 5.56 Å². The Balaban J connectivity index is 2.35. The summed E-state index contributed by atoms with van der Waals surface area (Å²) in [5.74, 6) is 0. The number of ether oxygens (including phenoxy) is 1. The number of aliphatic hydroxyl groups excluding tert-OH is 2. The van der Waals surface area contributed by atoms with Crippen LogP contribution in [0.2, 0.25) is 13.3 Å². The molecule has 0 bridgehead atoms. The molecule has 0 amide bonds. The second kappa shape index (κ2) is 13.7. The van der Waals surface area contributed by atoms with Gasteiger partial charge >= 0.3 is 196 Å². The summed E-state index contributed by atoms with van der Waals surface area (Å²) in [5, 5.41) is 19.4. The monoisotopic (exact) mass is 558 g/mol. The molecule has 3 atom stereocenters. The van der Waals surface area contributed by atoms with E-state index in [0.717, 1.165) is 0 Å². The van der Waals surface area contributed by atoms with Crippen molar-refractivity contribution in [1.82, 2.24) is 9.55 Å². The molecule has 8 heteroatoms. The molecule has 182 valence electrons. The molecule has 1 aromatic heterocycles. The number of aliphatic hydroxyl groups is 2. The number of nitrogens with one attached hydrogen (secondary N) is 1. The Morgan fingerprint density at radius 3 is 2.28 bits per heavy atom. The van der Waals surface area contributed by atoms with E-state index in [4.69, 9.17) is 4.74 Å². The fourth-order valence-electron chi connectivity index (χ4n) is 4.56. The molecule has 0 saturated carbocycles. The van der Waals surface area contributed by atoms with Crippen molar-refractivity contribution in [2.24, 2.45) is 0 Å². The van der Waals surface area contributed by atoms with Gasteiger partial charge in [0.25, 0.3) is 0 Å². The third-order valence-corrected chi connectivity index (χ3v) is 20.7. The number of H-pyrrole nitrogens is 1. The van der Waals surface area contributed by atoms with Crippen molar-refractivity contribution >= 4 is 24.5 Å². The van der Waals surface area contributed by atoms with Gasteiger partial charge in [0.2, 0.25) is 0 Å². The van der Waals surface area contributed by atoms with Gasteiger partial charge in [-0.1, -0.05) is 0 Å². The topological polar surface area (TPSA) is 105 Å². The van der Waals surface area contributed by atoms with Crippen LogP contribution in [0.15, 0.2) is 19.9 Å². The molecule has 0 radical (unpaired) electrons. The summed E-state index contributed by atoms with van der Waals surface area (Å²) >= 11 is -2.59. The van der Waals surface area contributed by atoms with Crippen LogP contribution in [0.3, 0.4) is 0 Å². The number of hydrogen-bond donors (Lipinski definition) is 3. The first-order valence-electron chi connectivity index (χ1n) is 12.4. The summed E-state index contributed by atoms with van der Waals surface area (Å²) in [6.45, 7) is 6.40. The minimum absolute atomic E-state index is 0.202. The van der Waals surface area contributed by atoms with E-state index in [1.54, 1.807) is 6.20 Å². The summed E-state index contributed by atoms with van der Waals surface area (Å²) in [6.07, 6.45) is 10.0. The minimum atomic E-state index is -2.59. The molecule has 1 aromatic rings. The Hall–Kier alpha value is -0.901. The maximum atomic E-state index is 12.6. The summed E-state index contributed by atoms with van der Waals surface area (Å²) in [7, 11) is 0. The van der Waals surface area contributed by atoms with Crippen LogP contribution in [0, 0.1) is 0 Å². The van der Waals surface area contributed by atoms with Gasteiger partial charge in [-0.3, -0.25) is 0 Å². The van der Waals surface area contributed by atoms with Crippen LogP contribution in [0.1, 0.15) is 83.9 Å². The molecule has 32 heavy (non-hydrogen) atoms. The molecule has 0 aromatic carbocycles. The number of rotatable bonds is 14. The molecule has 1 fully saturated rings. The first-order chi connectivity index (χ1) is 15.4. The van der Waals surface area contributed by atoms with E-state index in [2.05, 4.69) is 29.8 Å². The van der Waals surface area contributed by atoms with Crippen molar-refractivity contribution in [3.63, 3.8) is 0 Å². The molecule has 1 aliphatic rings. The van der Waals surface area contributed by atoms with Crippen molar-refractivity contribution in [2.45, 2.75) is 104 Å².